The van der Waals surface area contributed by atoms with Crippen LogP contribution in [-0.4, -0.2) is 14.1 Å². The van der Waals surface area contributed by atoms with E-state index in [1.807, 2.05) is 7.05 Å². The Labute approximate surface area is 107 Å². The van der Waals surface area contributed by atoms with E-state index in [1.165, 1.54) is 16.8 Å². The maximum atomic E-state index is 3.21. The van der Waals surface area contributed by atoms with Gasteiger partial charge < -0.3 is 10.2 Å². The molecule has 1 heterocycles. The van der Waals surface area contributed by atoms with E-state index in [9.17, 15) is 0 Å². The zero-order chi connectivity index (χ0) is 12.1. The average Bonchev–Trinajstić information content (AvgIpc) is 2.83. The van der Waals surface area contributed by atoms with Gasteiger partial charge in [0.05, 0.1) is 0 Å². The fraction of sp³-hybridized carbons (Fsp3) is 0.286. The summed E-state index contributed by atoms with van der Waals surface area (Å²) in [4.78, 5) is 2.30. The number of hydrogen-bond acceptors (Lipinski definition) is 3. The quantitative estimate of drug-likeness (QED) is 0.872. The summed E-state index contributed by atoms with van der Waals surface area (Å²) in [6.07, 6.45) is 0. The third-order valence-electron chi connectivity index (χ3n) is 2.77. The van der Waals surface area contributed by atoms with Crippen molar-refractivity contribution < 1.29 is 0 Å². The molecule has 90 valence electrons. The third-order valence-corrected chi connectivity index (χ3v) is 3.50. The number of benzene rings is 1. The van der Waals surface area contributed by atoms with Crippen LogP contribution < -0.4 is 10.2 Å². The second-order valence-corrected chi connectivity index (χ2v) is 4.93. The molecule has 0 amide bonds. The lowest BCUT2D eigenvalue weighted by atomic mass is 10.1. The smallest absolute Gasteiger partial charge is 0.0434 e. The van der Waals surface area contributed by atoms with Crippen molar-refractivity contribution in [2.75, 3.05) is 19.0 Å². The summed E-state index contributed by atoms with van der Waals surface area (Å²) in [5.74, 6) is 0. The van der Waals surface area contributed by atoms with E-state index in [0.717, 1.165) is 13.1 Å². The Morgan fingerprint density at radius 2 is 2.06 bits per heavy atom. The third kappa shape index (κ3) is 3.08. The molecule has 1 aromatic heterocycles. The number of nitrogens with zero attached hydrogens (tertiary/aromatic N) is 1. The molecule has 0 aliphatic carbocycles. The zero-order valence-corrected chi connectivity index (χ0v) is 11.1. The largest absolute Gasteiger partial charge is 0.370 e. The number of para-hydroxylation sites is 1. The predicted molar refractivity (Wildman–Crippen MR) is 75.6 cm³/mol. The Balaban J connectivity index is 2.15. The summed E-state index contributed by atoms with van der Waals surface area (Å²) >= 11 is 1.75. The number of hydrogen-bond donors (Lipinski definition) is 1. The first-order valence-corrected chi connectivity index (χ1v) is 6.70. The highest BCUT2D eigenvalue weighted by Gasteiger charge is 2.06. The van der Waals surface area contributed by atoms with Crippen molar-refractivity contribution >= 4 is 17.0 Å². The predicted octanol–water partition coefficient (Wildman–Crippen LogP) is 3.10. The summed E-state index contributed by atoms with van der Waals surface area (Å²) < 4.78 is 0. The monoisotopic (exact) mass is 246 g/mol. The Morgan fingerprint density at radius 3 is 2.76 bits per heavy atom. The van der Waals surface area contributed by atoms with Crippen LogP contribution in [0.2, 0.25) is 0 Å². The Bertz CT molecular complexity index is 451. The van der Waals surface area contributed by atoms with E-state index in [2.05, 4.69) is 58.4 Å². The molecule has 17 heavy (non-hydrogen) atoms. The summed E-state index contributed by atoms with van der Waals surface area (Å²) in [6.45, 7) is 1.87. The van der Waals surface area contributed by atoms with Crippen LogP contribution in [0.3, 0.4) is 0 Å². The van der Waals surface area contributed by atoms with Crippen LogP contribution in [0.25, 0.3) is 0 Å². The molecule has 0 radical (unpaired) electrons. The highest BCUT2D eigenvalue weighted by Crippen LogP contribution is 2.21. The second kappa shape index (κ2) is 5.84. The van der Waals surface area contributed by atoms with Crippen molar-refractivity contribution in [3.05, 3.63) is 52.2 Å². The van der Waals surface area contributed by atoms with Crippen molar-refractivity contribution in [1.29, 1.82) is 0 Å². The summed E-state index contributed by atoms with van der Waals surface area (Å²) in [5, 5.41) is 7.55. The highest BCUT2D eigenvalue weighted by molar-refractivity contribution is 7.07. The second-order valence-electron chi connectivity index (χ2n) is 4.15. The molecule has 2 rings (SSSR count). The molecule has 2 aromatic rings. The van der Waals surface area contributed by atoms with Gasteiger partial charge in [0.15, 0.2) is 0 Å². The molecular formula is C14H18N2S. The van der Waals surface area contributed by atoms with E-state index in [0.29, 0.717) is 0 Å². The van der Waals surface area contributed by atoms with Gasteiger partial charge in [-0.25, -0.2) is 0 Å². The summed E-state index contributed by atoms with van der Waals surface area (Å²) in [6, 6.07) is 10.7. The van der Waals surface area contributed by atoms with Gasteiger partial charge in [-0.3, -0.25) is 0 Å². The van der Waals surface area contributed by atoms with Gasteiger partial charge in [0, 0.05) is 25.8 Å². The topological polar surface area (TPSA) is 15.3 Å². The minimum Gasteiger partial charge on any atom is -0.370 e. The van der Waals surface area contributed by atoms with E-state index in [-0.39, 0.29) is 0 Å². The van der Waals surface area contributed by atoms with Gasteiger partial charge in [0.2, 0.25) is 0 Å². The fourth-order valence-electron chi connectivity index (χ4n) is 1.96. The van der Waals surface area contributed by atoms with Gasteiger partial charge >= 0.3 is 0 Å². The first-order valence-electron chi connectivity index (χ1n) is 5.76. The normalized spacial score (nSPS) is 10.5. The Kier molecular flexibility index (Phi) is 4.18. The van der Waals surface area contributed by atoms with Crippen molar-refractivity contribution in [3.8, 4) is 0 Å². The molecule has 0 spiro atoms. The van der Waals surface area contributed by atoms with Crippen molar-refractivity contribution in [2.45, 2.75) is 13.1 Å². The first-order chi connectivity index (χ1) is 8.31. The number of rotatable bonds is 5. The molecule has 0 unspecified atom stereocenters. The highest BCUT2D eigenvalue weighted by atomic mass is 32.1. The lowest BCUT2D eigenvalue weighted by Gasteiger charge is -2.22. The maximum absolute atomic E-state index is 3.21. The molecule has 0 bridgehead atoms. The van der Waals surface area contributed by atoms with E-state index >= 15 is 0 Å². The average molecular weight is 246 g/mol. The molecule has 0 atom stereocenters. The number of thiophene rings is 1. The Morgan fingerprint density at radius 1 is 1.24 bits per heavy atom. The van der Waals surface area contributed by atoms with Gasteiger partial charge in [-0.2, -0.15) is 11.3 Å². The van der Waals surface area contributed by atoms with E-state index in [1.54, 1.807) is 11.3 Å². The summed E-state index contributed by atoms with van der Waals surface area (Å²) in [5.41, 5.74) is 4.01. The minimum atomic E-state index is 0.907. The van der Waals surface area contributed by atoms with Crippen LogP contribution in [0.15, 0.2) is 41.1 Å². The van der Waals surface area contributed by atoms with Crippen molar-refractivity contribution in [2.24, 2.45) is 0 Å². The lowest BCUT2D eigenvalue weighted by molar-refractivity contribution is 0.806. The molecule has 1 N–H and O–H groups in total. The fourth-order valence-corrected chi connectivity index (χ4v) is 2.62. The number of anilines is 1. The molecule has 0 saturated heterocycles. The number of nitrogens with one attached hydrogen (secondary N) is 1. The van der Waals surface area contributed by atoms with Crippen LogP contribution in [-0.2, 0) is 13.1 Å². The molecule has 0 aliphatic rings. The van der Waals surface area contributed by atoms with Crippen LogP contribution in [0.1, 0.15) is 11.1 Å². The molecule has 3 heteroatoms. The minimum absolute atomic E-state index is 0.907. The van der Waals surface area contributed by atoms with Gasteiger partial charge in [0.1, 0.15) is 0 Å². The van der Waals surface area contributed by atoms with Gasteiger partial charge in [-0.05, 0) is 41.1 Å². The van der Waals surface area contributed by atoms with Gasteiger partial charge in [0.25, 0.3) is 0 Å². The van der Waals surface area contributed by atoms with E-state index in [4.69, 9.17) is 0 Å². The van der Waals surface area contributed by atoms with E-state index < -0.39 is 0 Å². The van der Waals surface area contributed by atoms with Gasteiger partial charge in [-0.15, -0.1) is 0 Å². The zero-order valence-electron chi connectivity index (χ0n) is 10.3. The standard InChI is InChI=1S/C14H18N2S/c1-15-9-13-5-3-4-6-14(13)16(2)10-12-7-8-17-11-12/h3-8,11,15H,9-10H2,1-2H3. The maximum Gasteiger partial charge on any atom is 0.0434 e. The lowest BCUT2D eigenvalue weighted by Crippen LogP contribution is -2.19. The molecule has 0 saturated carbocycles. The Hall–Kier alpha value is -1.32. The van der Waals surface area contributed by atoms with Gasteiger partial charge in [-0.1, -0.05) is 18.2 Å². The SMILES string of the molecule is CNCc1ccccc1N(C)Cc1ccsc1. The molecule has 0 aliphatic heterocycles. The van der Waals surface area contributed by atoms with Crippen LogP contribution >= 0.6 is 11.3 Å². The van der Waals surface area contributed by atoms with Crippen LogP contribution in [0.4, 0.5) is 5.69 Å². The molecular weight excluding hydrogens is 228 g/mol. The molecule has 1 aromatic carbocycles. The van der Waals surface area contributed by atoms with Crippen LogP contribution in [0.5, 0.6) is 0 Å². The molecule has 0 fully saturated rings. The van der Waals surface area contributed by atoms with Crippen molar-refractivity contribution in [1.82, 2.24) is 5.32 Å². The molecule has 2 nitrogen and oxygen atoms in total. The van der Waals surface area contributed by atoms with Crippen molar-refractivity contribution in [3.63, 3.8) is 0 Å². The van der Waals surface area contributed by atoms with Crippen LogP contribution in [0, 0.1) is 0 Å². The summed E-state index contributed by atoms with van der Waals surface area (Å²) in [7, 11) is 4.13. The first kappa shape index (κ1) is 12.1.